The van der Waals surface area contributed by atoms with Gasteiger partial charge in [0, 0.05) is 50.2 Å². The molecule has 0 bridgehead atoms. The molecule has 1 saturated heterocycles. The van der Waals surface area contributed by atoms with Gasteiger partial charge in [-0.2, -0.15) is 0 Å². The van der Waals surface area contributed by atoms with E-state index in [2.05, 4.69) is 46.0 Å². The Bertz CT molecular complexity index is 1030. The maximum atomic E-state index is 6.46. The van der Waals surface area contributed by atoms with E-state index in [4.69, 9.17) is 21.1 Å². The highest BCUT2D eigenvalue weighted by atomic mass is 35.5. The van der Waals surface area contributed by atoms with Crippen molar-refractivity contribution >= 4 is 22.5 Å². The number of nitrogens with zero attached hydrogens (tertiary/aromatic N) is 3. The number of fused-ring (bicyclic) bond motifs is 1. The lowest BCUT2D eigenvalue weighted by atomic mass is 10.1. The van der Waals surface area contributed by atoms with E-state index in [1.54, 1.807) is 14.2 Å². The highest BCUT2D eigenvalue weighted by molar-refractivity contribution is 6.30. The average molecular weight is 426 g/mol. The van der Waals surface area contributed by atoms with Crippen LogP contribution < -0.4 is 9.47 Å². The van der Waals surface area contributed by atoms with E-state index in [-0.39, 0.29) is 0 Å². The lowest BCUT2D eigenvalue weighted by Crippen LogP contribution is -2.45. The largest absolute Gasteiger partial charge is 0.493 e. The summed E-state index contributed by atoms with van der Waals surface area (Å²) in [6, 6.07) is 14.4. The highest BCUT2D eigenvalue weighted by Gasteiger charge is 2.20. The van der Waals surface area contributed by atoms with E-state index in [1.165, 1.54) is 11.1 Å². The highest BCUT2D eigenvalue weighted by Crippen LogP contribution is 2.31. The Morgan fingerprint density at radius 1 is 0.867 bits per heavy atom. The summed E-state index contributed by atoms with van der Waals surface area (Å²) in [5, 5.41) is 1.75. The number of piperazine rings is 1. The third-order valence-electron chi connectivity index (χ3n) is 5.85. The quantitative estimate of drug-likeness (QED) is 0.542. The minimum absolute atomic E-state index is 0.608. The minimum atomic E-state index is 0.608. The zero-order valence-electron chi connectivity index (χ0n) is 17.8. The summed E-state index contributed by atoms with van der Waals surface area (Å²) in [5.41, 5.74) is 4.55. The molecule has 158 valence electrons. The fourth-order valence-corrected chi connectivity index (χ4v) is 4.23. The molecule has 30 heavy (non-hydrogen) atoms. The molecule has 0 amide bonds. The SMILES string of the molecule is COc1cc(C)c(CN2CCN(Cc3cc4ccccc4nc3Cl)CC2)cc1OC. The molecule has 1 aliphatic heterocycles. The fourth-order valence-electron chi connectivity index (χ4n) is 4.03. The maximum Gasteiger partial charge on any atom is 0.161 e. The molecule has 1 aliphatic rings. The molecule has 0 unspecified atom stereocenters. The third-order valence-corrected chi connectivity index (χ3v) is 6.17. The summed E-state index contributed by atoms with van der Waals surface area (Å²) < 4.78 is 10.9. The molecule has 6 heteroatoms. The van der Waals surface area contributed by atoms with Crippen molar-refractivity contribution in [2.24, 2.45) is 0 Å². The molecule has 0 radical (unpaired) electrons. The molecule has 2 heterocycles. The van der Waals surface area contributed by atoms with E-state index >= 15 is 0 Å². The lowest BCUT2D eigenvalue weighted by Gasteiger charge is -2.35. The van der Waals surface area contributed by atoms with Crippen LogP contribution >= 0.6 is 11.6 Å². The molecule has 2 aromatic carbocycles. The minimum Gasteiger partial charge on any atom is -0.493 e. The van der Waals surface area contributed by atoms with Crippen LogP contribution in [0.4, 0.5) is 0 Å². The third kappa shape index (κ3) is 4.53. The standard InChI is InChI=1S/C24H28ClN3O2/c1-17-12-22(29-2)23(30-3)14-19(17)15-27-8-10-28(11-9-27)16-20-13-18-6-4-5-7-21(18)26-24(20)25/h4-7,12-14H,8-11,15-16H2,1-3H3. The van der Waals surface area contributed by atoms with Crippen LogP contribution in [0.25, 0.3) is 10.9 Å². The Morgan fingerprint density at radius 3 is 2.13 bits per heavy atom. The van der Waals surface area contributed by atoms with Crippen LogP contribution in [0.1, 0.15) is 16.7 Å². The second-order valence-corrected chi connectivity index (χ2v) is 8.17. The van der Waals surface area contributed by atoms with Gasteiger partial charge in [0.25, 0.3) is 0 Å². The Balaban J connectivity index is 1.38. The molecular weight excluding hydrogens is 398 g/mol. The van der Waals surface area contributed by atoms with Gasteiger partial charge in [-0.3, -0.25) is 9.80 Å². The molecule has 0 atom stereocenters. The number of aryl methyl sites for hydroxylation is 1. The zero-order valence-corrected chi connectivity index (χ0v) is 18.6. The van der Waals surface area contributed by atoms with Crippen molar-refractivity contribution in [2.45, 2.75) is 20.0 Å². The number of rotatable bonds is 6. The summed E-state index contributed by atoms with van der Waals surface area (Å²) in [4.78, 5) is 9.50. The molecule has 4 rings (SSSR count). The first-order valence-electron chi connectivity index (χ1n) is 10.3. The van der Waals surface area contributed by atoms with Crippen LogP contribution in [-0.4, -0.2) is 55.2 Å². The topological polar surface area (TPSA) is 37.8 Å². The van der Waals surface area contributed by atoms with E-state index in [9.17, 15) is 0 Å². The monoisotopic (exact) mass is 425 g/mol. The van der Waals surface area contributed by atoms with Gasteiger partial charge in [0.05, 0.1) is 19.7 Å². The van der Waals surface area contributed by atoms with Crippen molar-refractivity contribution in [1.29, 1.82) is 0 Å². The maximum absolute atomic E-state index is 6.46. The number of hydrogen-bond donors (Lipinski definition) is 0. The van der Waals surface area contributed by atoms with Gasteiger partial charge in [0.1, 0.15) is 5.15 Å². The van der Waals surface area contributed by atoms with Crippen molar-refractivity contribution in [2.75, 3.05) is 40.4 Å². The van der Waals surface area contributed by atoms with E-state index < -0.39 is 0 Å². The average Bonchev–Trinajstić information content (AvgIpc) is 2.76. The molecule has 3 aromatic rings. The Hall–Kier alpha value is -2.34. The number of aromatic nitrogens is 1. The molecule has 1 aromatic heterocycles. The molecule has 1 fully saturated rings. The molecule has 5 nitrogen and oxygen atoms in total. The van der Waals surface area contributed by atoms with Gasteiger partial charge in [0.15, 0.2) is 11.5 Å². The predicted molar refractivity (Wildman–Crippen MR) is 122 cm³/mol. The summed E-state index contributed by atoms with van der Waals surface area (Å²) in [6.07, 6.45) is 0. The van der Waals surface area contributed by atoms with Crippen LogP contribution in [0, 0.1) is 6.92 Å². The molecule has 0 N–H and O–H groups in total. The van der Waals surface area contributed by atoms with Gasteiger partial charge in [0.2, 0.25) is 0 Å². The van der Waals surface area contributed by atoms with Crippen molar-refractivity contribution in [3.05, 3.63) is 64.3 Å². The lowest BCUT2D eigenvalue weighted by molar-refractivity contribution is 0.122. The first-order chi connectivity index (χ1) is 14.6. The first-order valence-corrected chi connectivity index (χ1v) is 10.7. The Kier molecular flexibility index (Phi) is 6.42. The van der Waals surface area contributed by atoms with Crippen LogP contribution in [0.15, 0.2) is 42.5 Å². The summed E-state index contributed by atoms with van der Waals surface area (Å²) in [7, 11) is 3.36. The van der Waals surface area contributed by atoms with Gasteiger partial charge in [-0.25, -0.2) is 4.98 Å². The van der Waals surface area contributed by atoms with Crippen molar-refractivity contribution in [1.82, 2.24) is 14.8 Å². The van der Waals surface area contributed by atoms with Crippen LogP contribution in [-0.2, 0) is 13.1 Å². The number of methoxy groups -OCH3 is 2. The number of benzene rings is 2. The molecule has 0 saturated carbocycles. The zero-order chi connectivity index (χ0) is 21.1. The van der Waals surface area contributed by atoms with Crippen LogP contribution in [0.3, 0.4) is 0 Å². The molecule has 0 aliphatic carbocycles. The summed E-state index contributed by atoms with van der Waals surface area (Å²) in [5.74, 6) is 1.57. The predicted octanol–water partition coefficient (Wildman–Crippen LogP) is 4.53. The second-order valence-electron chi connectivity index (χ2n) is 7.82. The molecule has 0 spiro atoms. The normalized spacial score (nSPS) is 15.5. The van der Waals surface area contributed by atoms with Gasteiger partial charge in [-0.05, 0) is 42.3 Å². The van der Waals surface area contributed by atoms with Gasteiger partial charge < -0.3 is 9.47 Å². The van der Waals surface area contributed by atoms with Crippen molar-refractivity contribution in [3.63, 3.8) is 0 Å². The summed E-state index contributed by atoms with van der Waals surface area (Å²) >= 11 is 6.46. The van der Waals surface area contributed by atoms with E-state index in [1.807, 2.05) is 18.2 Å². The van der Waals surface area contributed by atoms with Crippen LogP contribution in [0.2, 0.25) is 5.15 Å². The second kappa shape index (κ2) is 9.21. The van der Waals surface area contributed by atoms with Crippen molar-refractivity contribution < 1.29 is 9.47 Å². The smallest absolute Gasteiger partial charge is 0.161 e. The van der Waals surface area contributed by atoms with Gasteiger partial charge >= 0.3 is 0 Å². The van der Waals surface area contributed by atoms with E-state index in [0.29, 0.717) is 5.15 Å². The van der Waals surface area contributed by atoms with Gasteiger partial charge in [-0.1, -0.05) is 29.8 Å². The van der Waals surface area contributed by atoms with E-state index in [0.717, 1.165) is 67.2 Å². The number of pyridine rings is 1. The number of ether oxygens (including phenoxy) is 2. The Morgan fingerprint density at radius 2 is 1.47 bits per heavy atom. The number of halogens is 1. The fraction of sp³-hybridized carbons (Fsp3) is 0.375. The summed E-state index contributed by atoms with van der Waals surface area (Å²) in [6.45, 7) is 7.93. The van der Waals surface area contributed by atoms with Crippen molar-refractivity contribution in [3.8, 4) is 11.5 Å². The van der Waals surface area contributed by atoms with Gasteiger partial charge in [-0.15, -0.1) is 0 Å². The first kappa shape index (κ1) is 20.9. The Labute approximate surface area is 183 Å². The van der Waals surface area contributed by atoms with Crippen LogP contribution in [0.5, 0.6) is 11.5 Å². The molecular formula is C24H28ClN3O2. The number of hydrogen-bond acceptors (Lipinski definition) is 5. The number of para-hydroxylation sites is 1.